The Labute approximate surface area is 183 Å². The Morgan fingerprint density at radius 1 is 1.18 bits per heavy atom. The van der Waals surface area contributed by atoms with Gasteiger partial charge in [-0.3, -0.25) is 10.3 Å². The predicted molar refractivity (Wildman–Crippen MR) is 101 cm³/mol. The van der Waals surface area contributed by atoms with Crippen molar-refractivity contribution in [1.29, 1.82) is 0 Å². The Kier molecular flexibility index (Phi) is 7.03. The number of rotatable bonds is 7. The fourth-order valence-electron chi connectivity index (χ4n) is 3.33. The third kappa shape index (κ3) is 6.26. The maximum atomic E-state index is 13.4. The second-order valence-corrected chi connectivity index (χ2v) is 7.25. The lowest BCUT2D eigenvalue weighted by molar-refractivity contribution is -0.182. The highest BCUT2D eigenvalue weighted by Gasteiger charge is 2.48. The number of pyridine rings is 1. The van der Waals surface area contributed by atoms with Crippen LogP contribution in [-0.4, -0.2) is 41.2 Å². The minimum Gasteiger partial charge on any atom is -0.483 e. The van der Waals surface area contributed by atoms with Crippen LogP contribution in [0.1, 0.15) is 35.9 Å². The summed E-state index contributed by atoms with van der Waals surface area (Å²) < 4.78 is 86.9. The van der Waals surface area contributed by atoms with Crippen LogP contribution in [0, 0.1) is 0 Å². The molecule has 0 bridgehead atoms. The van der Waals surface area contributed by atoms with Gasteiger partial charge in [0.2, 0.25) is 0 Å². The molecule has 13 heteroatoms. The van der Waals surface area contributed by atoms with Crippen molar-refractivity contribution in [2.75, 3.05) is 6.61 Å². The van der Waals surface area contributed by atoms with E-state index in [9.17, 15) is 31.1 Å². The van der Waals surface area contributed by atoms with Crippen molar-refractivity contribution in [2.24, 2.45) is 0 Å². The summed E-state index contributed by atoms with van der Waals surface area (Å²) in [6, 6.07) is 5.77. The van der Waals surface area contributed by atoms with Crippen LogP contribution >= 0.6 is 0 Å². The van der Waals surface area contributed by atoms with Crippen molar-refractivity contribution in [3.63, 3.8) is 0 Å². The normalized spacial score (nSPS) is 21.7. The van der Waals surface area contributed by atoms with E-state index in [0.29, 0.717) is 5.69 Å². The van der Waals surface area contributed by atoms with E-state index in [1.807, 2.05) is 0 Å². The molecule has 1 amide bonds. The number of hydrogen-bond donors (Lipinski definition) is 3. The molecule has 4 atom stereocenters. The molecule has 2 aromatic rings. The Morgan fingerprint density at radius 3 is 2.45 bits per heavy atom. The number of nitrogens with one attached hydrogen (secondary N) is 2. The van der Waals surface area contributed by atoms with Crippen molar-refractivity contribution in [3.05, 3.63) is 59.4 Å². The molecule has 0 radical (unpaired) electrons. The number of benzene rings is 1. The van der Waals surface area contributed by atoms with Gasteiger partial charge < -0.3 is 19.9 Å². The van der Waals surface area contributed by atoms with E-state index < -0.39 is 55.0 Å². The van der Waals surface area contributed by atoms with E-state index >= 15 is 0 Å². The molecule has 1 fully saturated rings. The zero-order valence-electron chi connectivity index (χ0n) is 16.9. The summed E-state index contributed by atoms with van der Waals surface area (Å²) in [5.74, 6) is -0.0996. The average Bonchev–Trinajstić information content (AvgIpc) is 2.72. The highest BCUT2D eigenvalue weighted by Crippen LogP contribution is 2.42. The third-order valence-corrected chi connectivity index (χ3v) is 4.83. The topological polar surface area (TPSA) is 92.7 Å². The van der Waals surface area contributed by atoms with Gasteiger partial charge in [-0.1, -0.05) is 18.2 Å². The molecule has 0 saturated carbocycles. The van der Waals surface area contributed by atoms with Crippen LogP contribution in [0.2, 0.25) is 0 Å². The van der Waals surface area contributed by atoms with Crippen molar-refractivity contribution in [1.82, 2.24) is 15.6 Å². The quantitative estimate of drug-likeness (QED) is 0.509. The molecule has 2 heterocycles. The summed E-state index contributed by atoms with van der Waals surface area (Å²) >= 11 is 0. The first kappa shape index (κ1) is 24.6. The van der Waals surface area contributed by atoms with Gasteiger partial charge in [-0.15, -0.1) is 0 Å². The Morgan fingerprint density at radius 2 is 1.88 bits per heavy atom. The first-order chi connectivity index (χ1) is 15.3. The lowest BCUT2D eigenvalue weighted by Gasteiger charge is -2.46. The van der Waals surface area contributed by atoms with E-state index in [4.69, 9.17) is 9.84 Å². The van der Waals surface area contributed by atoms with Gasteiger partial charge in [-0.25, -0.2) is 4.79 Å². The molecule has 33 heavy (non-hydrogen) atoms. The molecule has 7 nitrogen and oxygen atoms in total. The van der Waals surface area contributed by atoms with Crippen LogP contribution < -0.4 is 15.4 Å². The molecule has 0 spiro atoms. The number of ether oxygens (including phenoxy) is 2. The molecule has 1 aromatic heterocycles. The smallest absolute Gasteiger partial charge is 0.422 e. The molecular weight excluding hydrogens is 460 g/mol. The lowest BCUT2D eigenvalue weighted by atomic mass is 9.91. The minimum absolute atomic E-state index is 0.0996. The van der Waals surface area contributed by atoms with Crippen molar-refractivity contribution >= 4 is 6.09 Å². The Balaban J connectivity index is 1.69. The van der Waals surface area contributed by atoms with Gasteiger partial charge in [0.1, 0.15) is 24.1 Å². The maximum Gasteiger partial charge on any atom is 0.422 e. The number of nitrogens with zero attached hydrogens (tertiary/aromatic N) is 1. The lowest BCUT2D eigenvalue weighted by Crippen LogP contribution is -2.63. The molecule has 0 aliphatic carbocycles. The van der Waals surface area contributed by atoms with Crippen LogP contribution in [0.25, 0.3) is 0 Å². The number of aromatic nitrogens is 1. The standard InChI is InChI=1S/C20H19F6N3O4/c1-10(14-7-6-11(8-27-14)32-9-19(21,22)23)28-17-15(29-18(30)31)16(33-17)12-4-2-3-5-13(12)20(24,25)26/h2-8,10,15-17,28-29H,9H2,1H3,(H,30,31)/t10-,15?,16?,17?/m1/s1. The molecule has 1 aliphatic heterocycles. The van der Waals surface area contributed by atoms with E-state index in [-0.39, 0.29) is 11.3 Å². The maximum absolute atomic E-state index is 13.4. The van der Waals surface area contributed by atoms with Crippen molar-refractivity contribution < 1.29 is 45.7 Å². The van der Waals surface area contributed by atoms with Gasteiger partial charge in [0.05, 0.1) is 17.5 Å². The summed E-state index contributed by atoms with van der Waals surface area (Å²) in [5.41, 5.74) is -0.778. The third-order valence-electron chi connectivity index (χ3n) is 4.83. The monoisotopic (exact) mass is 479 g/mol. The van der Waals surface area contributed by atoms with Gasteiger partial charge in [0.15, 0.2) is 6.61 Å². The second kappa shape index (κ2) is 9.43. The number of halogens is 6. The van der Waals surface area contributed by atoms with Gasteiger partial charge in [0, 0.05) is 6.04 Å². The Hall–Kier alpha value is -3.06. The molecule has 1 aliphatic rings. The summed E-state index contributed by atoms with van der Waals surface area (Å²) in [6.07, 6.45) is -11.7. The van der Waals surface area contributed by atoms with Crippen LogP contribution in [0.4, 0.5) is 31.1 Å². The van der Waals surface area contributed by atoms with E-state index in [1.54, 1.807) is 6.92 Å². The fraction of sp³-hybridized carbons (Fsp3) is 0.400. The van der Waals surface area contributed by atoms with Crippen LogP contribution in [0.5, 0.6) is 5.75 Å². The highest BCUT2D eigenvalue weighted by atomic mass is 19.4. The van der Waals surface area contributed by atoms with Gasteiger partial charge in [-0.2, -0.15) is 26.3 Å². The SMILES string of the molecule is C[C@@H](NC1OC(c2ccccc2C(F)(F)F)C1NC(=O)O)c1ccc(OCC(F)(F)F)cn1. The predicted octanol–water partition coefficient (Wildman–Crippen LogP) is 4.43. The van der Waals surface area contributed by atoms with Gasteiger partial charge in [-0.05, 0) is 30.7 Å². The van der Waals surface area contributed by atoms with E-state index in [1.165, 1.54) is 30.3 Å². The van der Waals surface area contributed by atoms with Gasteiger partial charge in [0.25, 0.3) is 0 Å². The second-order valence-electron chi connectivity index (χ2n) is 7.25. The average molecular weight is 479 g/mol. The van der Waals surface area contributed by atoms with Crippen molar-refractivity contribution in [3.8, 4) is 5.75 Å². The highest BCUT2D eigenvalue weighted by molar-refractivity contribution is 5.65. The zero-order chi connectivity index (χ0) is 24.4. The summed E-state index contributed by atoms with van der Waals surface area (Å²) in [5, 5.41) is 14.2. The molecule has 3 rings (SSSR count). The first-order valence-electron chi connectivity index (χ1n) is 9.58. The van der Waals surface area contributed by atoms with Crippen LogP contribution in [0.15, 0.2) is 42.6 Å². The molecule has 3 N–H and O–H groups in total. The zero-order valence-corrected chi connectivity index (χ0v) is 16.9. The number of carbonyl (C=O) groups is 1. The largest absolute Gasteiger partial charge is 0.483 e. The fourth-order valence-corrected chi connectivity index (χ4v) is 3.33. The summed E-state index contributed by atoms with van der Waals surface area (Å²) in [7, 11) is 0. The molecule has 180 valence electrons. The number of amides is 1. The summed E-state index contributed by atoms with van der Waals surface area (Å²) in [4.78, 5) is 15.2. The number of alkyl halides is 6. The number of hydrogen-bond acceptors (Lipinski definition) is 5. The van der Waals surface area contributed by atoms with Gasteiger partial charge >= 0.3 is 18.4 Å². The summed E-state index contributed by atoms with van der Waals surface area (Å²) in [6.45, 7) is 0.151. The molecule has 3 unspecified atom stereocenters. The minimum atomic E-state index is -4.65. The van der Waals surface area contributed by atoms with E-state index in [2.05, 4.69) is 20.4 Å². The molecular formula is C20H19F6N3O4. The Bertz CT molecular complexity index is 968. The number of carboxylic acid groups (broad SMARTS) is 1. The van der Waals surface area contributed by atoms with Crippen LogP contribution in [-0.2, 0) is 10.9 Å². The molecule has 1 aromatic carbocycles. The van der Waals surface area contributed by atoms with E-state index in [0.717, 1.165) is 12.3 Å². The van der Waals surface area contributed by atoms with Crippen molar-refractivity contribution in [2.45, 2.75) is 43.7 Å². The molecule has 1 saturated heterocycles. The van der Waals surface area contributed by atoms with Crippen LogP contribution in [0.3, 0.4) is 0 Å². The first-order valence-corrected chi connectivity index (χ1v) is 9.58.